The summed E-state index contributed by atoms with van der Waals surface area (Å²) in [6.07, 6.45) is 4.65. The molecule has 0 spiro atoms. The quantitative estimate of drug-likeness (QED) is 0.640. The molecular formula is C7H9ClN2. The van der Waals surface area contributed by atoms with Crippen LogP contribution in [0.2, 0.25) is 5.15 Å². The van der Waals surface area contributed by atoms with Crippen molar-refractivity contribution in [2.75, 3.05) is 0 Å². The summed E-state index contributed by atoms with van der Waals surface area (Å²) in [5, 5.41) is 4.67. The van der Waals surface area contributed by atoms with E-state index in [1.807, 2.05) is 16.9 Å². The third kappa shape index (κ3) is 1.32. The highest BCUT2D eigenvalue weighted by atomic mass is 35.5. The maximum Gasteiger partial charge on any atom is 0.151 e. The molecule has 3 heteroatoms. The first-order valence-corrected chi connectivity index (χ1v) is 3.91. The van der Waals surface area contributed by atoms with Crippen LogP contribution in [0, 0.1) is 5.92 Å². The lowest BCUT2D eigenvalue weighted by Crippen LogP contribution is -1.99. The Balaban J connectivity index is 2.03. The fourth-order valence-electron chi connectivity index (χ4n) is 1.00. The van der Waals surface area contributed by atoms with Gasteiger partial charge in [0.05, 0.1) is 0 Å². The van der Waals surface area contributed by atoms with E-state index in [-0.39, 0.29) is 0 Å². The Morgan fingerprint density at radius 2 is 2.50 bits per heavy atom. The largest absolute Gasteiger partial charge is 0.271 e. The van der Waals surface area contributed by atoms with E-state index in [4.69, 9.17) is 11.6 Å². The molecule has 54 valence electrons. The molecule has 1 saturated carbocycles. The third-order valence-electron chi connectivity index (χ3n) is 1.75. The predicted molar refractivity (Wildman–Crippen MR) is 40.0 cm³/mol. The van der Waals surface area contributed by atoms with Crippen LogP contribution in [0.5, 0.6) is 0 Å². The molecule has 0 aliphatic heterocycles. The van der Waals surface area contributed by atoms with Crippen molar-refractivity contribution in [1.29, 1.82) is 0 Å². The second-order valence-corrected chi connectivity index (χ2v) is 3.19. The zero-order chi connectivity index (χ0) is 6.97. The van der Waals surface area contributed by atoms with Gasteiger partial charge >= 0.3 is 0 Å². The Bertz CT molecular complexity index is 227. The van der Waals surface area contributed by atoms with Crippen molar-refractivity contribution in [3.05, 3.63) is 17.4 Å². The summed E-state index contributed by atoms with van der Waals surface area (Å²) < 4.78 is 1.92. The number of aromatic nitrogens is 2. The van der Waals surface area contributed by atoms with Gasteiger partial charge in [0.2, 0.25) is 0 Å². The van der Waals surface area contributed by atoms with Gasteiger partial charge in [0.25, 0.3) is 0 Å². The third-order valence-corrected chi connectivity index (χ3v) is 1.95. The minimum Gasteiger partial charge on any atom is -0.271 e. The second-order valence-electron chi connectivity index (χ2n) is 2.80. The molecule has 10 heavy (non-hydrogen) atoms. The summed E-state index contributed by atoms with van der Waals surface area (Å²) in [5.41, 5.74) is 0. The molecule has 0 bridgehead atoms. The van der Waals surface area contributed by atoms with E-state index < -0.39 is 0 Å². The van der Waals surface area contributed by atoms with E-state index in [2.05, 4.69) is 5.10 Å². The smallest absolute Gasteiger partial charge is 0.151 e. The maximum atomic E-state index is 5.63. The Morgan fingerprint density at radius 3 is 3.00 bits per heavy atom. The highest BCUT2D eigenvalue weighted by Crippen LogP contribution is 2.30. The second kappa shape index (κ2) is 2.27. The van der Waals surface area contributed by atoms with Crippen molar-refractivity contribution in [1.82, 2.24) is 9.78 Å². The van der Waals surface area contributed by atoms with Gasteiger partial charge in [0.1, 0.15) is 0 Å². The van der Waals surface area contributed by atoms with E-state index in [0.29, 0.717) is 5.15 Å². The number of hydrogen-bond donors (Lipinski definition) is 0. The van der Waals surface area contributed by atoms with Crippen molar-refractivity contribution < 1.29 is 0 Å². The van der Waals surface area contributed by atoms with Crippen molar-refractivity contribution in [2.45, 2.75) is 19.4 Å². The Labute approximate surface area is 64.8 Å². The van der Waals surface area contributed by atoms with Crippen molar-refractivity contribution in [2.24, 2.45) is 5.92 Å². The van der Waals surface area contributed by atoms with Gasteiger partial charge in [-0.25, -0.2) is 0 Å². The SMILES string of the molecule is Clc1ccn(CC2CC2)n1. The van der Waals surface area contributed by atoms with E-state index >= 15 is 0 Å². The molecule has 1 heterocycles. The molecule has 0 unspecified atom stereocenters. The van der Waals surface area contributed by atoms with Crippen molar-refractivity contribution in [3.8, 4) is 0 Å². The average molecular weight is 157 g/mol. The van der Waals surface area contributed by atoms with Crippen LogP contribution >= 0.6 is 11.6 Å². The standard InChI is InChI=1S/C7H9ClN2/c8-7-3-4-10(9-7)5-6-1-2-6/h3-4,6H,1-2,5H2. The monoisotopic (exact) mass is 156 g/mol. The molecule has 0 radical (unpaired) electrons. The summed E-state index contributed by atoms with van der Waals surface area (Å²) >= 11 is 5.63. The topological polar surface area (TPSA) is 17.8 Å². The van der Waals surface area contributed by atoms with Gasteiger partial charge in [-0.05, 0) is 24.8 Å². The molecule has 1 aliphatic carbocycles. The van der Waals surface area contributed by atoms with Crippen LogP contribution in [0.15, 0.2) is 12.3 Å². The lowest BCUT2D eigenvalue weighted by molar-refractivity contribution is 0.563. The summed E-state index contributed by atoms with van der Waals surface area (Å²) in [5.74, 6) is 0.871. The molecule has 0 aromatic carbocycles. The Kier molecular flexibility index (Phi) is 1.42. The van der Waals surface area contributed by atoms with Gasteiger partial charge in [0.15, 0.2) is 5.15 Å². The number of halogens is 1. The zero-order valence-electron chi connectivity index (χ0n) is 5.63. The van der Waals surface area contributed by atoms with Crippen molar-refractivity contribution in [3.63, 3.8) is 0 Å². The van der Waals surface area contributed by atoms with Crippen LogP contribution < -0.4 is 0 Å². The first-order valence-electron chi connectivity index (χ1n) is 3.53. The van der Waals surface area contributed by atoms with Crippen molar-refractivity contribution >= 4 is 11.6 Å². The molecule has 0 amide bonds. The molecule has 1 aromatic heterocycles. The zero-order valence-corrected chi connectivity index (χ0v) is 6.38. The van der Waals surface area contributed by atoms with Gasteiger partial charge in [-0.15, -0.1) is 0 Å². The Hall–Kier alpha value is -0.500. The minimum atomic E-state index is 0.598. The lowest BCUT2D eigenvalue weighted by atomic mass is 10.4. The fourth-order valence-corrected chi connectivity index (χ4v) is 1.16. The molecule has 2 nitrogen and oxygen atoms in total. The number of rotatable bonds is 2. The Morgan fingerprint density at radius 1 is 1.70 bits per heavy atom. The van der Waals surface area contributed by atoms with Crippen LogP contribution in [0.25, 0.3) is 0 Å². The fraction of sp³-hybridized carbons (Fsp3) is 0.571. The van der Waals surface area contributed by atoms with E-state index in [9.17, 15) is 0 Å². The summed E-state index contributed by atoms with van der Waals surface area (Å²) in [6, 6.07) is 1.82. The first-order chi connectivity index (χ1) is 4.84. The molecule has 0 saturated heterocycles. The van der Waals surface area contributed by atoms with Crippen LogP contribution in [-0.4, -0.2) is 9.78 Å². The van der Waals surface area contributed by atoms with Gasteiger partial charge in [-0.3, -0.25) is 4.68 Å². The predicted octanol–water partition coefficient (Wildman–Crippen LogP) is 1.95. The van der Waals surface area contributed by atoms with Crippen LogP contribution in [0.1, 0.15) is 12.8 Å². The molecule has 1 aromatic rings. The highest BCUT2D eigenvalue weighted by Gasteiger charge is 2.21. The molecule has 0 N–H and O–H groups in total. The minimum absolute atomic E-state index is 0.598. The molecule has 1 aliphatic rings. The van der Waals surface area contributed by atoms with E-state index in [1.165, 1.54) is 12.8 Å². The van der Waals surface area contributed by atoms with Crippen LogP contribution in [-0.2, 0) is 6.54 Å². The number of nitrogens with zero attached hydrogens (tertiary/aromatic N) is 2. The lowest BCUT2D eigenvalue weighted by Gasteiger charge is -1.95. The molecular weight excluding hydrogens is 148 g/mol. The van der Waals surface area contributed by atoms with Gasteiger partial charge < -0.3 is 0 Å². The van der Waals surface area contributed by atoms with E-state index in [0.717, 1.165) is 12.5 Å². The molecule has 2 rings (SSSR count). The van der Waals surface area contributed by atoms with Crippen LogP contribution in [0.4, 0.5) is 0 Å². The maximum absolute atomic E-state index is 5.63. The summed E-state index contributed by atoms with van der Waals surface area (Å²) in [4.78, 5) is 0. The average Bonchev–Trinajstić information content (AvgIpc) is 2.59. The summed E-state index contributed by atoms with van der Waals surface area (Å²) in [7, 11) is 0. The van der Waals surface area contributed by atoms with Gasteiger partial charge in [0, 0.05) is 12.7 Å². The van der Waals surface area contributed by atoms with Gasteiger partial charge in [-0.2, -0.15) is 5.10 Å². The van der Waals surface area contributed by atoms with Crippen LogP contribution in [0.3, 0.4) is 0 Å². The van der Waals surface area contributed by atoms with E-state index in [1.54, 1.807) is 0 Å². The highest BCUT2D eigenvalue weighted by molar-refractivity contribution is 6.29. The number of hydrogen-bond acceptors (Lipinski definition) is 1. The first kappa shape index (κ1) is 6.23. The molecule has 1 fully saturated rings. The van der Waals surface area contributed by atoms with Gasteiger partial charge in [-0.1, -0.05) is 11.6 Å². The normalized spacial score (nSPS) is 17.7. The molecule has 0 atom stereocenters. The summed E-state index contributed by atoms with van der Waals surface area (Å²) in [6.45, 7) is 1.05.